The maximum atomic E-state index is 14.1. The first-order valence-electron chi connectivity index (χ1n) is 10.9. The SMILES string of the molecule is CC(Nc1ccc(C(=O)NC2CC2)cc1[N+](=O)[O-])c1cc(F)ccc1N1CCC(O)CC1. The van der Waals surface area contributed by atoms with Gasteiger partial charge in [0.25, 0.3) is 11.6 Å². The van der Waals surface area contributed by atoms with E-state index in [1.807, 2.05) is 6.92 Å². The van der Waals surface area contributed by atoms with E-state index < -0.39 is 16.8 Å². The molecule has 1 saturated carbocycles. The third kappa shape index (κ3) is 4.99. The van der Waals surface area contributed by atoms with Crippen molar-refractivity contribution >= 4 is 23.0 Å². The Morgan fingerprint density at radius 3 is 2.56 bits per heavy atom. The van der Waals surface area contributed by atoms with E-state index in [9.17, 15) is 24.4 Å². The number of nitrogens with zero attached hydrogens (tertiary/aromatic N) is 2. The van der Waals surface area contributed by atoms with Crippen molar-refractivity contribution in [2.24, 2.45) is 0 Å². The van der Waals surface area contributed by atoms with Gasteiger partial charge in [-0.25, -0.2) is 4.39 Å². The minimum Gasteiger partial charge on any atom is -0.393 e. The number of amides is 1. The van der Waals surface area contributed by atoms with Crippen LogP contribution in [0.3, 0.4) is 0 Å². The average Bonchev–Trinajstić information content (AvgIpc) is 3.58. The van der Waals surface area contributed by atoms with Gasteiger partial charge < -0.3 is 20.6 Å². The molecule has 0 aromatic heterocycles. The number of aliphatic hydroxyl groups excluding tert-OH is 1. The summed E-state index contributed by atoms with van der Waals surface area (Å²) in [6.45, 7) is 3.11. The van der Waals surface area contributed by atoms with E-state index in [0.717, 1.165) is 18.5 Å². The maximum Gasteiger partial charge on any atom is 0.293 e. The van der Waals surface area contributed by atoms with Gasteiger partial charge in [0, 0.05) is 42.0 Å². The Kier molecular flexibility index (Phi) is 6.27. The summed E-state index contributed by atoms with van der Waals surface area (Å²) in [5.74, 6) is -0.717. The number of carbonyl (C=O) groups is 1. The number of nitro benzene ring substituents is 1. The van der Waals surface area contributed by atoms with Crippen LogP contribution in [0.1, 0.15) is 54.6 Å². The molecule has 1 aliphatic carbocycles. The second-order valence-electron chi connectivity index (χ2n) is 8.52. The number of aliphatic hydroxyl groups is 1. The topological polar surface area (TPSA) is 108 Å². The first-order valence-corrected chi connectivity index (χ1v) is 10.9. The Morgan fingerprint density at radius 1 is 1.19 bits per heavy atom. The molecule has 1 aliphatic heterocycles. The fourth-order valence-corrected chi connectivity index (χ4v) is 4.02. The molecule has 4 rings (SSSR count). The second kappa shape index (κ2) is 9.12. The summed E-state index contributed by atoms with van der Waals surface area (Å²) in [6, 6.07) is 8.60. The first kappa shape index (κ1) is 22.0. The Labute approximate surface area is 185 Å². The molecule has 0 radical (unpaired) electrons. The van der Waals surface area contributed by atoms with Crippen LogP contribution in [0, 0.1) is 15.9 Å². The van der Waals surface area contributed by atoms with Crippen molar-refractivity contribution in [1.29, 1.82) is 0 Å². The number of nitro groups is 1. The van der Waals surface area contributed by atoms with Crippen molar-refractivity contribution in [3.63, 3.8) is 0 Å². The van der Waals surface area contributed by atoms with E-state index in [1.165, 1.54) is 24.3 Å². The monoisotopic (exact) mass is 442 g/mol. The van der Waals surface area contributed by atoms with Crippen molar-refractivity contribution in [1.82, 2.24) is 5.32 Å². The molecule has 0 bridgehead atoms. The number of rotatable bonds is 7. The van der Waals surface area contributed by atoms with Crippen LogP contribution in [0.2, 0.25) is 0 Å². The van der Waals surface area contributed by atoms with Crippen molar-refractivity contribution in [2.75, 3.05) is 23.3 Å². The van der Waals surface area contributed by atoms with Crippen LogP contribution in [0.25, 0.3) is 0 Å². The minimum atomic E-state index is -0.526. The lowest BCUT2D eigenvalue weighted by molar-refractivity contribution is -0.384. The summed E-state index contributed by atoms with van der Waals surface area (Å²) in [4.78, 5) is 25.5. The molecular weight excluding hydrogens is 415 g/mol. The summed E-state index contributed by atoms with van der Waals surface area (Å²) in [6.07, 6.45) is 2.79. The molecule has 1 heterocycles. The van der Waals surface area contributed by atoms with E-state index in [1.54, 1.807) is 12.1 Å². The number of anilines is 2. The minimum absolute atomic E-state index is 0.154. The van der Waals surface area contributed by atoms with Crippen molar-refractivity contribution in [3.8, 4) is 0 Å². The summed E-state index contributed by atoms with van der Waals surface area (Å²) in [5, 5.41) is 27.4. The molecule has 32 heavy (non-hydrogen) atoms. The van der Waals surface area contributed by atoms with E-state index in [-0.39, 0.29) is 35.0 Å². The van der Waals surface area contributed by atoms with E-state index in [2.05, 4.69) is 15.5 Å². The van der Waals surface area contributed by atoms with Gasteiger partial charge in [0.15, 0.2) is 0 Å². The smallest absolute Gasteiger partial charge is 0.293 e. The zero-order valence-electron chi connectivity index (χ0n) is 17.9. The number of benzene rings is 2. The molecule has 1 saturated heterocycles. The molecule has 2 fully saturated rings. The lowest BCUT2D eigenvalue weighted by Gasteiger charge is -2.34. The number of hydrogen-bond donors (Lipinski definition) is 3. The third-order valence-corrected chi connectivity index (χ3v) is 6.00. The number of halogens is 1. The van der Waals surface area contributed by atoms with Gasteiger partial charge in [0.2, 0.25) is 0 Å². The molecule has 1 atom stereocenters. The Balaban J connectivity index is 1.58. The van der Waals surface area contributed by atoms with Gasteiger partial charge in [0.05, 0.1) is 17.1 Å². The van der Waals surface area contributed by atoms with Gasteiger partial charge in [-0.15, -0.1) is 0 Å². The molecule has 170 valence electrons. The van der Waals surface area contributed by atoms with Gasteiger partial charge in [-0.2, -0.15) is 0 Å². The number of carbonyl (C=O) groups excluding carboxylic acids is 1. The lowest BCUT2D eigenvalue weighted by atomic mass is 10.0. The zero-order valence-corrected chi connectivity index (χ0v) is 17.9. The molecule has 1 amide bonds. The molecule has 3 N–H and O–H groups in total. The molecule has 8 nitrogen and oxygen atoms in total. The molecule has 2 aromatic rings. The van der Waals surface area contributed by atoms with Crippen molar-refractivity contribution < 1.29 is 19.2 Å². The van der Waals surface area contributed by atoms with Gasteiger partial charge >= 0.3 is 0 Å². The Hall–Kier alpha value is -3.20. The summed E-state index contributed by atoms with van der Waals surface area (Å²) in [7, 11) is 0. The van der Waals surface area contributed by atoms with Crippen molar-refractivity contribution in [3.05, 3.63) is 63.5 Å². The van der Waals surface area contributed by atoms with Crippen LogP contribution < -0.4 is 15.5 Å². The van der Waals surface area contributed by atoms with E-state index in [0.29, 0.717) is 31.5 Å². The number of nitrogens with one attached hydrogen (secondary N) is 2. The highest BCUT2D eigenvalue weighted by molar-refractivity contribution is 5.96. The Bertz CT molecular complexity index is 1020. The summed E-state index contributed by atoms with van der Waals surface area (Å²) < 4.78 is 14.1. The molecule has 9 heteroatoms. The van der Waals surface area contributed by atoms with Gasteiger partial charge in [-0.1, -0.05) is 0 Å². The quantitative estimate of drug-likeness (QED) is 0.445. The normalized spacial score (nSPS) is 17.7. The van der Waals surface area contributed by atoms with Gasteiger partial charge in [-0.05, 0) is 62.9 Å². The largest absolute Gasteiger partial charge is 0.393 e. The molecule has 1 unspecified atom stereocenters. The van der Waals surface area contributed by atoms with Crippen LogP contribution in [0.15, 0.2) is 36.4 Å². The second-order valence-corrected chi connectivity index (χ2v) is 8.52. The Morgan fingerprint density at radius 2 is 1.91 bits per heavy atom. The zero-order chi connectivity index (χ0) is 22.8. The highest BCUT2D eigenvalue weighted by atomic mass is 19.1. The highest BCUT2D eigenvalue weighted by Gasteiger charge is 2.26. The molecule has 2 aliphatic rings. The summed E-state index contributed by atoms with van der Waals surface area (Å²) >= 11 is 0. The van der Waals surface area contributed by atoms with Crippen LogP contribution >= 0.6 is 0 Å². The maximum absolute atomic E-state index is 14.1. The standard InChI is InChI=1S/C23H27FN4O4/c1-14(19-13-16(24)3-7-21(19)27-10-8-18(29)9-11-27)25-20-6-2-15(12-22(20)28(31)32)23(30)26-17-4-5-17/h2-3,6-7,12-14,17-18,25,29H,4-5,8-11H2,1H3,(H,26,30). The fourth-order valence-electron chi connectivity index (χ4n) is 4.02. The highest BCUT2D eigenvalue weighted by Crippen LogP contribution is 2.34. The van der Waals surface area contributed by atoms with Gasteiger partial charge in [-0.3, -0.25) is 14.9 Å². The number of piperidine rings is 1. The average molecular weight is 442 g/mol. The lowest BCUT2D eigenvalue weighted by Crippen LogP contribution is -2.36. The van der Waals surface area contributed by atoms with Crippen molar-refractivity contribution in [2.45, 2.75) is 50.8 Å². The first-order chi connectivity index (χ1) is 15.3. The molecular formula is C23H27FN4O4. The van der Waals surface area contributed by atoms with Gasteiger partial charge in [0.1, 0.15) is 11.5 Å². The number of hydrogen-bond acceptors (Lipinski definition) is 6. The summed E-state index contributed by atoms with van der Waals surface area (Å²) in [5.41, 5.74) is 1.79. The van der Waals surface area contributed by atoms with Crippen LogP contribution in [0.5, 0.6) is 0 Å². The predicted octanol–water partition coefficient (Wildman–Crippen LogP) is 3.76. The van der Waals surface area contributed by atoms with Crippen LogP contribution in [-0.4, -0.2) is 41.2 Å². The van der Waals surface area contributed by atoms with E-state index >= 15 is 0 Å². The van der Waals surface area contributed by atoms with Crippen LogP contribution in [-0.2, 0) is 0 Å². The predicted molar refractivity (Wildman–Crippen MR) is 119 cm³/mol. The third-order valence-electron chi connectivity index (χ3n) is 6.00. The molecule has 0 spiro atoms. The van der Waals surface area contributed by atoms with E-state index in [4.69, 9.17) is 0 Å². The van der Waals surface area contributed by atoms with Crippen LogP contribution in [0.4, 0.5) is 21.5 Å². The fraction of sp³-hybridized carbons (Fsp3) is 0.435. The molecule has 2 aromatic carbocycles.